The van der Waals surface area contributed by atoms with Crippen molar-refractivity contribution in [1.29, 1.82) is 0 Å². The molecule has 0 fully saturated rings. The first-order valence-electron chi connectivity index (χ1n) is 9.38. The summed E-state index contributed by atoms with van der Waals surface area (Å²) < 4.78 is 5.58. The first-order valence-corrected chi connectivity index (χ1v) is 9.76. The van der Waals surface area contributed by atoms with E-state index < -0.39 is 6.10 Å². The van der Waals surface area contributed by atoms with E-state index in [1.54, 1.807) is 30.3 Å². The minimum absolute atomic E-state index is 0.210. The summed E-state index contributed by atoms with van der Waals surface area (Å²) in [5.41, 5.74) is 5.70. The Labute approximate surface area is 174 Å². The normalized spacial score (nSPS) is 15.4. The molecule has 0 unspecified atom stereocenters. The first kappa shape index (κ1) is 19.2. The summed E-state index contributed by atoms with van der Waals surface area (Å²) in [5.74, 6) is -0.592. The maximum absolute atomic E-state index is 12.7. The molecule has 0 aliphatic carbocycles. The summed E-state index contributed by atoms with van der Waals surface area (Å²) in [6.45, 7) is 4.03. The molecule has 0 radical (unpaired) electrons. The average molecular weight is 406 g/mol. The molecule has 3 aromatic rings. The number of esters is 1. The van der Waals surface area contributed by atoms with Gasteiger partial charge in [-0.1, -0.05) is 29.8 Å². The highest BCUT2D eigenvalue weighted by Crippen LogP contribution is 2.32. The Hall–Kier alpha value is -3.11. The number of fused-ring (bicyclic) bond motifs is 1. The molecular weight excluding hydrogens is 386 g/mol. The van der Waals surface area contributed by atoms with Gasteiger partial charge in [-0.05, 0) is 78.6 Å². The molecule has 0 saturated heterocycles. The number of anilines is 1. The molecule has 0 aromatic heterocycles. The summed E-state index contributed by atoms with van der Waals surface area (Å²) in [5, 5.41) is 3.55. The van der Waals surface area contributed by atoms with Gasteiger partial charge in [0, 0.05) is 22.7 Å². The van der Waals surface area contributed by atoms with Crippen molar-refractivity contribution in [3.05, 3.63) is 99.1 Å². The van der Waals surface area contributed by atoms with Gasteiger partial charge in [-0.2, -0.15) is 0 Å². The Bertz CT molecular complexity index is 1110. The summed E-state index contributed by atoms with van der Waals surface area (Å²) in [4.78, 5) is 25.2. The molecule has 1 aliphatic rings. The quantitative estimate of drug-likeness (QED) is 0.572. The fraction of sp³-hybridized carbons (Fsp3) is 0.167. The van der Waals surface area contributed by atoms with Crippen LogP contribution in [0.25, 0.3) is 0 Å². The van der Waals surface area contributed by atoms with E-state index in [4.69, 9.17) is 16.3 Å². The molecule has 0 bridgehead atoms. The molecule has 0 saturated carbocycles. The SMILES string of the molecule is Cc1ccc(NC(=O)c2ccc3c(c2)C[C@@H](c2ccc(Cl)cc2)OC3=O)cc1C. The number of benzene rings is 3. The Balaban J connectivity index is 1.58. The highest BCUT2D eigenvalue weighted by Gasteiger charge is 2.28. The van der Waals surface area contributed by atoms with Crippen LogP contribution < -0.4 is 5.32 Å². The first-order chi connectivity index (χ1) is 13.9. The van der Waals surface area contributed by atoms with Crippen LogP contribution in [0.3, 0.4) is 0 Å². The van der Waals surface area contributed by atoms with Crippen LogP contribution in [0.1, 0.15) is 49.1 Å². The van der Waals surface area contributed by atoms with E-state index in [1.165, 1.54) is 5.56 Å². The van der Waals surface area contributed by atoms with Gasteiger partial charge >= 0.3 is 5.97 Å². The molecular formula is C24H20ClNO3. The number of aryl methyl sites for hydroxylation is 2. The fourth-order valence-electron chi connectivity index (χ4n) is 3.42. The van der Waals surface area contributed by atoms with Crippen molar-refractivity contribution >= 4 is 29.2 Å². The topological polar surface area (TPSA) is 55.4 Å². The largest absolute Gasteiger partial charge is 0.454 e. The summed E-state index contributed by atoms with van der Waals surface area (Å²) >= 11 is 5.95. The molecule has 5 heteroatoms. The van der Waals surface area contributed by atoms with Gasteiger partial charge in [-0.3, -0.25) is 4.79 Å². The zero-order chi connectivity index (χ0) is 20.5. The minimum Gasteiger partial charge on any atom is -0.454 e. The molecule has 1 heterocycles. The third-order valence-corrected chi connectivity index (χ3v) is 5.50. The van der Waals surface area contributed by atoms with Gasteiger partial charge < -0.3 is 10.1 Å². The maximum atomic E-state index is 12.7. The summed E-state index contributed by atoms with van der Waals surface area (Å²) in [6, 6.07) is 18.1. The monoisotopic (exact) mass is 405 g/mol. The number of cyclic esters (lactones) is 1. The highest BCUT2D eigenvalue weighted by molar-refractivity contribution is 6.30. The van der Waals surface area contributed by atoms with E-state index in [1.807, 2.05) is 44.2 Å². The third-order valence-electron chi connectivity index (χ3n) is 5.25. The summed E-state index contributed by atoms with van der Waals surface area (Å²) in [6.07, 6.45) is 0.110. The number of amides is 1. The predicted octanol–water partition coefficient (Wildman–Crippen LogP) is 5.66. The molecule has 29 heavy (non-hydrogen) atoms. The van der Waals surface area contributed by atoms with E-state index in [0.29, 0.717) is 22.6 Å². The van der Waals surface area contributed by atoms with Crippen LogP contribution in [0.15, 0.2) is 60.7 Å². The zero-order valence-corrected chi connectivity index (χ0v) is 16.9. The number of halogens is 1. The van der Waals surface area contributed by atoms with E-state index in [-0.39, 0.29) is 11.9 Å². The molecule has 146 valence electrons. The standard InChI is InChI=1S/C24H20ClNO3/c1-14-3-9-20(11-15(14)2)26-23(27)17-6-10-21-18(12-17)13-22(29-24(21)28)16-4-7-19(25)8-5-16/h3-12,22H,13H2,1-2H3,(H,26,27)/t22-/m0/s1. The van der Waals surface area contributed by atoms with Gasteiger partial charge in [0.1, 0.15) is 6.10 Å². The number of hydrogen-bond acceptors (Lipinski definition) is 3. The van der Waals surface area contributed by atoms with Crippen LogP contribution in [-0.2, 0) is 11.2 Å². The van der Waals surface area contributed by atoms with Crippen molar-refractivity contribution in [2.24, 2.45) is 0 Å². The van der Waals surface area contributed by atoms with Crippen molar-refractivity contribution < 1.29 is 14.3 Å². The molecule has 1 aliphatic heterocycles. The van der Waals surface area contributed by atoms with Crippen molar-refractivity contribution in [1.82, 2.24) is 0 Å². The lowest BCUT2D eigenvalue weighted by Gasteiger charge is -2.25. The van der Waals surface area contributed by atoms with E-state index in [9.17, 15) is 9.59 Å². The van der Waals surface area contributed by atoms with E-state index in [2.05, 4.69) is 5.32 Å². The highest BCUT2D eigenvalue weighted by atomic mass is 35.5. The Kier molecular flexibility index (Phi) is 5.12. The van der Waals surface area contributed by atoms with Gasteiger partial charge in [0.15, 0.2) is 0 Å². The van der Waals surface area contributed by atoms with Crippen molar-refractivity contribution in [3.63, 3.8) is 0 Å². The predicted molar refractivity (Wildman–Crippen MR) is 114 cm³/mol. The minimum atomic E-state index is -0.398. The number of rotatable bonds is 3. The lowest BCUT2D eigenvalue weighted by molar-refractivity contribution is 0.0252. The Morgan fingerprint density at radius 2 is 1.76 bits per heavy atom. The third kappa shape index (κ3) is 4.03. The molecule has 1 N–H and O–H groups in total. The number of carbonyl (C=O) groups is 2. The Morgan fingerprint density at radius 3 is 2.48 bits per heavy atom. The van der Waals surface area contributed by atoms with Gasteiger partial charge in [-0.25, -0.2) is 4.79 Å². The molecule has 4 rings (SSSR count). The van der Waals surface area contributed by atoms with Crippen molar-refractivity contribution in [2.45, 2.75) is 26.4 Å². The summed E-state index contributed by atoms with van der Waals surface area (Å²) in [7, 11) is 0. The molecule has 0 spiro atoms. The van der Waals surface area contributed by atoms with E-state index >= 15 is 0 Å². The van der Waals surface area contributed by atoms with Crippen molar-refractivity contribution in [2.75, 3.05) is 5.32 Å². The van der Waals surface area contributed by atoms with Crippen LogP contribution >= 0.6 is 11.6 Å². The second kappa shape index (κ2) is 7.72. The van der Waals surface area contributed by atoms with Crippen molar-refractivity contribution in [3.8, 4) is 0 Å². The van der Waals surface area contributed by atoms with Crippen LogP contribution in [0.2, 0.25) is 5.02 Å². The fourth-order valence-corrected chi connectivity index (χ4v) is 3.55. The second-order valence-electron chi connectivity index (χ2n) is 7.27. The van der Waals surface area contributed by atoms with Crippen LogP contribution in [0, 0.1) is 13.8 Å². The zero-order valence-electron chi connectivity index (χ0n) is 16.2. The van der Waals surface area contributed by atoms with Crippen LogP contribution in [-0.4, -0.2) is 11.9 Å². The number of carbonyl (C=O) groups excluding carboxylic acids is 2. The molecule has 1 atom stereocenters. The number of nitrogens with one attached hydrogen (secondary N) is 1. The van der Waals surface area contributed by atoms with Gasteiger partial charge in [-0.15, -0.1) is 0 Å². The lowest BCUT2D eigenvalue weighted by Crippen LogP contribution is -2.23. The van der Waals surface area contributed by atoms with Gasteiger partial charge in [0.25, 0.3) is 5.91 Å². The molecule has 3 aromatic carbocycles. The number of hydrogen-bond donors (Lipinski definition) is 1. The maximum Gasteiger partial charge on any atom is 0.339 e. The average Bonchev–Trinajstić information content (AvgIpc) is 2.71. The van der Waals surface area contributed by atoms with Crippen LogP contribution in [0.4, 0.5) is 5.69 Å². The molecule has 4 nitrogen and oxygen atoms in total. The number of ether oxygens (including phenoxy) is 1. The Morgan fingerprint density at radius 1 is 1.00 bits per heavy atom. The molecule has 1 amide bonds. The van der Waals surface area contributed by atoms with Gasteiger partial charge in [0.2, 0.25) is 0 Å². The van der Waals surface area contributed by atoms with Gasteiger partial charge in [0.05, 0.1) is 5.56 Å². The smallest absolute Gasteiger partial charge is 0.339 e. The van der Waals surface area contributed by atoms with Crippen LogP contribution in [0.5, 0.6) is 0 Å². The lowest BCUT2D eigenvalue weighted by atomic mass is 9.93. The second-order valence-corrected chi connectivity index (χ2v) is 7.71. The van der Waals surface area contributed by atoms with E-state index in [0.717, 1.165) is 22.4 Å².